The fraction of sp³-hybridized carbons (Fsp3) is 0.320. The Morgan fingerprint density at radius 1 is 1.12 bits per heavy atom. The zero-order valence-corrected chi connectivity index (χ0v) is 19.3. The van der Waals surface area contributed by atoms with Crippen molar-refractivity contribution < 1.29 is 14.7 Å². The van der Waals surface area contributed by atoms with E-state index >= 15 is 0 Å². The van der Waals surface area contributed by atoms with Gasteiger partial charge in [0.05, 0.1) is 15.9 Å². The number of carbonyl (C=O) groups is 2. The number of Topliss-reactive ketones (excluding diaryl/α,β-unsaturated/α-hetero) is 1. The van der Waals surface area contributed by atoms with Gasteiger partial charge in [0.25, 0.3) is 5.91 Å². The summed E-state index contributed by atoms with van der Waals surface area (Å²) in [5, 5.41) is 12.2. The zero-order valence-electron chi connectivity index (χ0n) is 18.5. The van der Waals surface area contributed by atoms with Crippen LogP contribution in [0.4, 0.5) is 0 Å². The highest BCUT2D eigenvalue weighted by atomic mass is 32.1. The number of imidazole rings is 1. The highest BCUT2D eigenvalue weighted by molar-refractivity contribution is 7.23. The molecule has 4 rings (SSSR count). The van der Waals surface area contributed by atoms with Gasteiger partial charge in [-0.1, -0.05) is 37.3 Å². The lowest BCUT2D eigenvalue weighted by molar-refractivity contribution is 0.0923. The number of thiazole rings is 1. The molecule has 0 saturated heterocycles. The SMILES string of the molecule is CNC(=O)c1ccc(-c2cn3c(n2)sc2cc(C(=O)C[C@@H](CO)CC(C)C)ccc23)cc1. The molecule has 4 aromatic rings. The van der Waals surface area contributed by atoms with Crippen molar-refractivity contribution in [3.8, 4) is 11.3 Å². The molecule has 2 aromatic carbocycles. The Kier molecular flexibility index (Phi) is 6.39. The first kappa shape index (κ1) is 22.2. The molecular formula is C25H27N3O3S. The molecule has 0 aliphatic carbocycles. The van der Waals surface area contributed by atoms with E-state index < -0.39 is 0 Å². The van der Waals surface area contributed by atoms with Crippen molar-refractivity contribution in [3.05, 3.63) is 59.8 Å². The number of nitrogens with one attached hydrogen (secondary N) is 1. The Bertz CT molecular complexity index is 1270. The summed E-state index contributed by atoms with van der Waals surface area (Å²) < 4.78 is 3.04. The number of rotatable bonds is 8. The molecule has 1 amide bonds. The Morgan fingerprint density at radius 3 is 2.50 bits per heavy atom. The summed E-state index contributed by atoms with van der Waals surface area (Å²) >= 11 is 1.54. The van der Waals surface area contributed by atoms with E-state index in [9.17, 15) is 14.7 Å². The topological polar surface area (TPSA) is 83.7 Å². The van der Waals surface area contributed by atoms with Gasteiger partial charge in [-0.25, -0.2) is 4.98 Å². The summed E-state index contributed by atoms with van der Waals surface area (Å²) in [7, 11) is 1.61. The second-order valence-electron chi connectivity index (χ2n) is 8.53. The van der Waals surface area contributed by atoms with Crippen LogP contribution in [-0.4, -0.2) is 39.8 Å². The predicted molar refractivity (Wildman–Crippen MR) is 128 cm³/mol. The predicted octanol–water partition coefficient (Wildman–Crippen LogP) is 4.80. The van der Waals surface area contributed by atoms with Crippen LogP contribution in [0.2, 0.25) is 0 Å². The third-order valence-electron chi connectivity index (χ3n) is 5.62. The van der Waals surface area contributed by atoms with Gasteiger partial charge in [-0.05, 0) is 48.6 Å². The van der Waals surface area contributed by atoms with Gasteiger partial charge in [-0.2, -0.15) is 0 Å². The van der Waals surface area contributed by atoms with Gasteiger partial charge in [0.1, 0.15) is 0 Å². The highest BCUT2D eigenvalue weighted by Crippen LogP contribution is 2.31. The molecule has 0 aliphatic rings. The molecule has 2 heterocycles. The molecule has 2 aromatic heterocycles. The van der Waals surface area contributed by atoms with Crippen LogP contribution >= 0.6 is 11.3 Å². The minimum Gasteiger partial charge on any atom is -0.396 e. The molecule has 32 heavy (non-hydrogen) atoms. The van der Waals surface area contributed by atoms with Crippen molar-refractivity contribution in [2.75, 3.05) is 13.7 Å². The number of amides is 1. The average molecular weight is 450 g/mol. The molecule has 166 valence electrons. The summed E-state index contributed by atoms with van der Waals surface area (Å²) in [4.78, 5) is 30.1. The maximum Gasteiger partial charge on any atom is 0.251 e. The van der Waals surface area contributed by atoms with Gasteiger partial charge >= 0.3 is 0 Å². The number of hydrogen-bond donors (Lipinski definition) is 2. The third-order valence-corrected chi connectivity index (χ3v) is 6.64. The molecule has 2 N–H and O–H groups in total. The normalized spacial score (nSPS) is 12.5. The number of ketones is 1. The summed E-state index contributed by atoms with van der Waals surface area (Å²) in [6, 6.07) is 13.1. The van der Waals surface area contributed by atoms with Gasteiger partial charge in [-0.15, -0.1) is 0 Å². The van der Waals surface area contributed by atoms with E-state index in [0.29, 0.717) is 23.5 Å². The number of aliphatic hydroxyl groups excluding tert-OH is 1. The molecule has 0 bridgehead atoms. The summed E-state index contributed by atoms with van der Waals surface area (Å²) in [6.45, 7) is 4.24. The van der Waals surface area contributed by atoms with Crippen LogP contribution in [0.5, 0.6) is 0 Å². The lowest BCUT2D eigenvalue weighted by atomic mass is 9.91. The summed E-state index contributed by atoms with van der Waals surface area (Å²) in [6.07, 6.45) is 3.18. The summed E-state index contributed by atoms with van der Waals surface area (Å²) in [5.74, 6) is 0.390. The molecule has 0 spiro atoms. The number of aromatic nitrogens is 2. The molecule has 0 radical (unpaired) electrons. The minimum atomic E-state index is -0.117. The summed E-state index contributed by atoms with van der Waals surface area (Å²) in [5.41, 5.74) is 4.06. The monoisotopic (exact) mass is 449 g/mol. The number of aliphatic hydroxyl groups is 1. The first-order valence-electron chi connectivity index (χ1n) is 10.8. The van der Waals surface area contributed by atoms with E-state index in [-0.39, 0.29) is 24.2 Å². The molecule has 1 atom stereocenters. The fourth-order valence-electron chi connectivity index (χ4n) is 4.02. The van der Waals surface area contributed by atoms with Gasteiger partial charge in [0.15, 0.2) is 10.7 Å². The minimum absolute atomic E-state index is 0.00352. The van der Waals surface area contributed by atoms with Crippen molar-refractivity contribution in [1.29, 1.82) is 0 Å². The van der Waals surface area contributed by atoms with Gasteiger partial charge in [0, 0.05) is 43.0 Å². The second kappa shape index (κ2) is 9.22. The molecule has 0 aliphatic heterocycles. The van der Waals surface area contributed by atoms with Crippen molar-refractivity contribution in [1.82, 2.24) is 14.7 Å². The van der Waals surface area contributed by atoms with Crippen molar-refractivity contribution in [2.45, 2.75) is 26.7 Å². The Labute approximate surface area is 190 Å². The molecular weight excluding hydrogens is 422 g/mol. The number of hydrogen-bond acceptors (Lipinski definition) is 5. The van der Waals surface area contributed by atoms with Crippen molar-refractivity contribution >= 4 is 38.2 Å². The first-order chi connectivity index (χ1) is 15.4. The van der Waals surface area contributed by atoms with E-state index in [1.807, 2.05) is 40.9 Å². The Morgan fingerprint density at radius 2 is 1.84 bits per heavy atom. The number of benzene rings is 2. The van der Waals surface area contributed by atoms with Gasteiger partial charge < -0.3 is 10.4 Å². The van der Waals surface area contributed by atoms with E-state index in [2.05, 4.69) is 19.2 Å². The van der Waals surface area contributed by atoms with Crippen LogP contribution in [0.1, 0.15) is 47.4 Å². The third kappa shape index (κ3) is 4.45. The molecule has 0 unspecified atom stereocenters. The molecule has 6 nitrogen and oxygen atoms in total. The largest absolute Gasteiger partial charge is 0.396 e. The maximum atomic E-state index is 12.8. The maximum absolute atomic E-state index is 12.8. The van der Waals surface area contributed by atoms with Crippen LogP contribution in [0.3, 0.4) is 0 Å². The average Bonchev–Trinajstić information content (AvgIpc) is 3.35. The van der Waals surface area contributed by atoms with E-state index in [4.69, 9.17) is 4.98 Å². The highest BCUT2D eigenvalue weighted by Gasteiger charge is 2.18. The van der Waals surface area contributed by atoms with Crippen molar-refractivity contribution in [2.24, 2.45) is 11.8 Å². The Balaban J connectivity index is 1.58. The second-order valence-corrected chi connectivity index (χ2v) is 9.53. The number of nitrogens with zero attached hydrogens (tertiary/aromatic N) is 2. The van der Waals surface area contributed by atoms with Crippen LogP contribution in [0.25, 0.3) is 26.4 Å². The standard InChI is InChI=1S/C25H27N3O3S/c1-15(2)10-16(14-29)11-22(30)19-8-9-21-23(12-19)32-25-27-20(13-28(21)25)17-4-6-18(7-5-17)24(31)26-3/h4-9,12-13,15-16,29H,10-11,14H2,1-3H3,(H,26,31)/t16-/m0/s1. The number of carbonyl (C=O) groups excluding carboxylic acids is 2. The van der Waals surface area contributed by atoms with Crippen LogP contribution < -0.4 is 5.32 Å². The molecule has 0 saturated carbocycles. The van der Waals surface area contributed by atoms with Crippen molar-refractivity contribution in [3.63, 3.8) is 0 Å². The molecule has 0 fully saturated rings. The van der Waals surface area contributed by atoms with E-state index in [1.165, 1.54) is 0 Å². The van der Waals surface area contributed by atoms with E-state index in [0.717, 1.165) is 32.9 Å². The number of fused-ring (bicyclic) bond motifs is 3. The fourth-order valence-corrected chi connectivity index (χ4v) is 5.07. The smallest absolute Gasteiger partial charge is 0.251 e. The first-order valence-corrected chi connectivity index (χ1v) is 11.6. The quantitative estimate of drug-likeness (QED) is 0.378. The lowest BCUT2D eigenvalue weighted by Gasteiger charge is -2.15. The molecule has 7 heteroatoms. The van der Waals surface area contributed by atoms with E-state index in [1.54, 1.807) is 30.5 Å². The zero-order chi connectivity index (χ0) is 22.8. The van der Waals surface area contributed by atoms with Crippen LogP contribution in [-0.2, 0) is 0 Å². The van der Waals surface area contributed by atoms with Gasteiger partial charge in [-0.3, -0.25) is 14.0 Å². The van der Waals surface area contributed by atoms with Crippen LogP contribution in [0, 0.1) is 11.8 Å². The van der Waals surface area contributed by atoms with Crippen LogP contribution in [0.15, 0.2) is 48.7 Å². The lowest BCUT2D eigenvalue weighted by Crippen LogP contribution is -2.17. The Hall–Kier alpha value is -3.03. The van der Waals surface area contributed by atoms with Gasteiger partial charge in [0.2, 0.25) is 0 Å².